The minimum Gasteiger partial charge on any atom is -0.356 e. The highest BCUT2D eigenvalue weighted by molar-refractivity contribution is 7.80. The average Bonchev–Trinajstić information content (AvgIpc) is 2.96. The Morgan fingerprint density at radius 1 is 1.38 bits per heavy atom. The first-order valence-corrected chi connectivity index (χ1v) is 7.74. The molecule has 0 bridgehead atoms. The van der Waals surface area contributed by atoms with Crippen molar-refractivity contribution in [2.45, 2.75) is 31.8 Å². The highest BCUT2D eigenvalue weighted by atomic mass is 32.1. The van der Waals surface area contributed by atoms with Gasteiger partial charge in [0.15, 0.2) is 5.11 Å². The number of likely N-dealkylation sites (tertiary alicyclic amines) is 1. The number of hydrogen-bond donors (Lipinski definition) is 1. The lowest BCUT2D eigenvalue weighted by Gasteiger charge is -2.30. The van der Waals surface area contributed by atoms with E-state index in [0.717, 1.165) is 19.4 Å². The van der Waals surface area contributed by atoms with Crippen LogP contribution in [0.3, 0.4) is 0 Å². The minimum absolute atomic E-state index is 0.122. The van der Waals surface area contributed by atoms with Crippen LogP contribution in [-0.4, -0.2) is 47.5 Å². The normalized spacial score (nSPS) is 19.2. The highest BCUT2D eigenvalue weighted by Crippen LogP contribution is 2.20. The molecule has 5 heteroatoms. The van der Waals surface area contributed by atoms with Gasteiger partial charge < -0.3 is 15.1 Å². The molecule has 114 valence electrons. The predicted octanol–water partition coefficient (Wildman–Crippen LogP) is 2.17. The third kappa shape index (κ3) is 3.73. The number of likely N-dealkylation sites (N-methyl/N-ethyl adjacent to an activating group) is 1. The van der Waals surface area contributed by atoms with Crippen molar-refractivity contribution >= 4 is 23.2 Å². The summed E-state index contributed by atoms with van der Waals surface area (Å²) in [6.45, 7) is 2.93. The molecule has 0 saturated carbocycles. The molecule has 1 aromatic carbocycles. The summed E-state index contributed by atoms with van der Waals surface area (Å²) in [6, 6.07) is 10.2. The molecule has 0 aromatic heterocycles. The van der Waals surface area contributed by atoms with Crippen LogP contribution in [0.15, 0.2) is 30.3 Å². The van der Waals surface area contributed by atoms with Gasteiger partial charge in [-0.1, -0.05) is 30.3 Å². The number of amides is 1. The fraction of sp³-hybridized carbons (Fsp3) is 0.500. The van der Waals surface area contributed by atoms with E-state index in [0.29, 0.717) is 5.11 Å². The summed E-state index contributed by atoms with van der Waals surface area (Å²) in [4.78, 5) is 15.9. The van der Waals surface area contributed by atoms with Crippen LogP contribution >= 0.6 is 12.2 Å². The molecule has 1 N–H and O–H groups in total. The molecule has 1 amide bonds. The lowest BCUT2D eigenvalue weighted by atomic mass is 10.1. The van der Waals surface area contributed by atoms with E-state index in [1.54, 1.807) is 19.0 Å². The molecule has 2 rings (SSSR count). The number of carbonyl (C=O) groups excluding carboxylic acids is 1. The van der Waals surface area contributed by atoms with E-state index in [2.05, 4.69) is 24.4 Å². The number of nitrogens with zero attached hydrogens (tertiary/aromatic N) is 2. The Kier molecular flexibility index (Phi) is 5.17. The molecule has 1 fully saturated rings. The summed E-state index contributed by atoms with van der Waals surface area (Å²) in [5.41, 5.74) is 1.19. The number of nitrogens with one attached hydrogen (secondary N) is 1. The first kappa shape index (κ1) is 15.8. The van der Waals surface area contributed by atoms with Crippen molar-refractivity contribution in [1.29, 1.82) is 0 Å². The number of thiocarbonyl (C=S) groups is 1. The number of rotatable bonds is 3. The zero-order chi connectivity index (χ0) is 15.4. The van der Waals surface area contributed by atoms with Gasteiger partial charge in [0.25, 0.3) is 0 Å². The fourth-order valence-corrected chi connectivity index (χ4v) is 3.05. The maximum atomic E-state index is 12.2. The Balaban J connectivity index is 2.01. The summed E-state index contributed by atoms with van der Waals surface area (Å²) >= 11 is 5.52. The molecule has 1 heterocycles. The van der Waals surface area contributed by atoms with Crippen molar-refractivity contribution < 1.29 is 4.79 Å². The topological polar surface area (TPSA) is 35.6 Å². The summed E-state index contributed by atoms with van der Waals surface area (Å²) in [5, 5.41) is 4.02. The molecule has 0 spiro atoms. The van der Waals surface area contributed by atoms with Gasteiger partial charge in [0, 0.05) is 20.6 Å². The standard InChI is InChI=1S/C16H23N3OS/c1-12(13-8-5-4-6-9-13)17-16(21)19-11-7-10-14(19)15(20)18(2)3/h4-6,8-9,12,14H,7,10-11H2,1-3H3,(H,17,21)/t12-,14+/m0/s1. The molecule has 2 atom stereocenters. The largest absolute Gasteiger partial charge is 0.356 e. The maximum Gasteiger partial charge on any atom is 0.244 e. The third-order valence-electron chi connectivity index (χ3n) is 3.88. The van der Waals surface area contributed by atoms with E-state index in [-0.39, 0.29) is 18.0 Å². The van der Waals surface area contributed by atoms with Gasteiger partial charge in [-0.2, -0.15) is 0 Å². The third-order valence-corrected chi connectivity index (χ3v) is 4.23. The van der Waals surface area contributed by atoms with Crippen LogP contribution in [-0.2, 0) is 4.79 Å². The van der Waals surface area contributed by atoms with Crippen molar-refractivity contribution in [2.24, 2.45) is 0 Å². The van der Waals surface area contributed by atoms with Crippen LogP contribution in [0.2, 0.25) is 0 Å². The first-order chi connectivity index (χ1) is 10.0. The van der Waals surface area contributed by atoms with Crippen LogP contribution in [0.1, 0.15) is 31.4 Å². The molecular formula is C16H23N3OS. The van der Waals surface area contributed by atoms with Gasteiger partial charge in [-0.15, -0.1) is 0 Å². The molecule has 1 aromatic rings. The van der Waals surface area contributed by atoms with Crippen LogP contribution in [0.4, 0.5) is 0 Å². The average molecular weight is 305 g/mol. The van der Waals surface area contributed by atoms with Gasteiger partial charge in [0.05, 0.1) is 6.04 Å². The van der Waals surface area contributed by atoms with Crippen molar-refractivity contribution in [3.05, 3.63) is 35.9 Å². The number of benzene rings is 1. The smallest absolute Gasteiger partial charge is 0.244 e. The summed E-state index contributed by atoms with van der Waals surface area (Å²) in [5.74, 6) is 0.129. The van der Waals surface area contributed by atoms with Crippen LogP contribution in [0.5, 0.6) is 0 Å². The van der Waals surface area contributed by atoms with Crippen molar-refractivity contribution in [1.82, 2.24) is 15.1 Å². The SMILES string of the molecule is C[C@H](NC(=S)N1CCC[C@@H]1C(=O)N(C)C)c1ccccc1. The lowest BCUT2D eigenvalue weighted by Crippen LogP contribution is -2.49. The maximum absolute atomic E-state index is 12.2. The second-order valence-corrected chi connectivity index (χ2v) is 6.05. The van der Waals surface area contributed by atoms with Crippen molar-refractivity contribution in [3.63, 3.8) is 0 Å². The molecule has 1 aliphatic heterocycles. The minimum atomic E-state index is -0.122. The lowest BCUT2D eigenvalue weighted by molar-refractivity contribution is -0.132. The molecule has 21 heavy (non-hydrogen) atoms. The van der Waals surface area contributed by atoms with Crippen molar-refractivity contribution in [3.8, 4) is 0 Å². The predicted molar refractivity (Wildman–Crippen MR) is 89.0 cm³/mol. The number of carbonyl (C=O) groups is 1. The van der Waals surface area contributed by atoms with E-state index in [1.165, 1.54) is 5.56 Å². The quantitative estimate of drug-likeness (QED) is 0.868. The Morgan fingerprint density at radius 3 is 2.67 bits per heavy atom. The highest BCUT2D eigenvalue weighted by Gasteiger charge is 2.33. The molecule has 0 aliphatic carbocycles. The molecule has 1 aliphatic rings. The van der Waals surface area contributed by atoms with Crippen LogP contribution < -0.4 is 5.32 Å². The van der Waals surface area contributed by atoms with Gasteiger partial charge in [-0.3, -0.25) is 4.79 Å². The molecule has 4 nitrogen and oxygen atoms in total. The zero-order valence-corrected chi connectivity index (χ0v) is 13.7. The second kappa shape index (κ2) is 6.89. The van der Waals surface area contributed by atoms with E-state index in [4.69, 9.17) is 12.2 Å². The molecule has 0 radical (unpaired) electrons. The van der Waals surface area contributed by atoms with Gasteiger partial charge in [-0.05, 0) is 37.5 Å². The van der Waals surface area contributed by atoms with Gasteiger partial charge in [-0.25, -0.2) is 0 Å². The van der Waals surface area contributed by atoms with E-state index in [9.17, 15) is 4.79 Å². The van der Waals surface area contributed by atoms with E-state index < -0.39 is 0 Å². The zero-order valence-electron chi connectivity index (χ0n) is 12.9. The van der Waals surface area contributed by atoms with Gasteiger partial charge in [0.1, 0.15) is 6.04 Å². The Morgan fingerprint density at radius 2 is 2.05 bits per heavy atom. The van der Waals surface area contributed by atoms with Crippen molar-refractivity contribution in [2.75, 3.05) is 20.6 Å². The first-order valence-electron chi connectivity index (χ1n) is 7.34. The summed E-state index contributed by atoms with van der Waals surface area (Å²) in [7, 11) is 3.59. The molecule has 1 saturated heterocycles. The summed E-state index contributed by atoms with van der Waals surface area (Å²) in [6.07, 6.45) is 1.88. The van der Waals surface area contributed by atoms with E-state index >= 15 is 0 Å². The van der Waals surface area contributed by atoms with E-state index in [1.807, 2.05) is 23.1 Å². The van der Waals surface area contributed by atoms with Gasteiger partial charge >= 0.3 is 0 Å². The second-order valence-electron chi connectivity index (χ2n) is 5.67. The Labute approximate surface area is 132 Å². The van der Waals surface area contributed by atoms with Crippen LogP contribution in [0, 0.1) is 0 Å². The Hall–Kier alpha value is -1.62. The monoisotopic (exact) mass is 305 g/mol. The Bertz CT molecular complexity index is 504. The summed E-state index contributed by atoms with van der Waals surface area (Å²) < 4.78 is 0. The molecule has 0 unspecified atom stereocenters. The van der Waals surface area contributed by atoms with Gasteiger partial charge in [0.2, 0.25) is 5.91 Å². The van der Waals surface area contributed by atoms with Crippen LogP contribution in [0.25, 0.3) is 0 Å². The molecular weight excluding hydrogens is 282 g/mol. The number of hydrogen-bond acceptors (Lipinski definition) is 2. The fourth-order valence-electron chi connectivity index (χ4n) is 2.66.